The van der Waals surface area contributed by atoms with Crippen molar-refractivity contribution >= 4 is 56.7 Å². The second-order valence-electron chi connectivity index (χ2n) is 5.32. The normalized spacial score (nSPS) is 15.2. The molecule has 0 spiro atoms. The number of hydrogen-bond donors (Lipinski definition) is 1. The van der Waals surface area contributed by atoms with Gasteiger partial charge in [0.1, 0.15) is 5.75 Å². The van der Waals surface area contributed by atoms with Gasteiger partial charge in [0.05, 0.1) is 34.1 Å². The summed E-state index contributed by atoms with van der Waals surface area (Å²) in [5.41, 5.74) is 2.21. The lowest BCUT2D eigenvalue weighted by molar-refractivity contribution is 0.122. The van der Waals surface area contributed by atoms with E-state index < -0.39 is 0 Å². The van der Waals surface area contributed by atoms with Crippen molar-refractivity contribution in [1.82, 2.24) is 0 Å². The van der Waals surface area contributed by atoms with Crippen LogP contribution in [0.2, 0.25) is 10.0 Å². The molecule has 0 radical (unpaired) electrons. The van der Waals surface area contributed by atoms with Gasteiger partial charge in [0.2, 0.25) is 0 Å². The Morgan fingerprint density at radius 3 is 2.62 bits per heavy atom. The van der Waals surface area contributed by atoms with Gasteiger partial charge in [0, 0.05) is 29.9 Å². The smallest absolute Gasteiger partial charge is 0.138 e. The number of anilines is 1. The fourth-order valence-corrected chi connectivity index (χ4v) is 3.59. The van der Waals surface area contributed by atoms with Crippen LogP contribution < -0.4 is 4.90 Å². The van der Waals surface area contributed by atoms with E-state index in [1.807, 2.05) is 12.1 Å². The standard InChI is InChI=1S/C17H15BrCl2N2O2/c18-14-8-12(19)7-11(17(14)23)10-21-13-1-2-16(15(20)9-13)22-3-5-24-6-4-22/h1-2,7-10,23H,3-6H2. The number of halogens is 3. The van der Waals surface area contributed by atoms with Crippen LogP contribution in [0.1, 0.15) is 5.56 Å². The minimum absolute atomic E-state index is 0.0965. The number of phenols is 1. The Morgan fingerprint density at radius 1 is 1.17 bits per heavy atom. The molecular formula is C17H15BrCl2N2O2. The second-order valence-corrected chi connectivity index (χ2v) is 7.02. The number of hydrogen-bond acceptors (Lipinski definition) is 4. The summed E-state index contributed by atoms with van der Waals surface area (Å²) in [5, 5.41) is 11.2. The van der Waals surface area contributed by atoms with Gasteiger partial charge in [-0.3, -0.25) is 4.99 Å². The molecular weight excluding hydrogens is 415 g/mol. The van der Waals surface area contributed by atoms with Gasteiger partial charge >= 0.3 is 0 Å². The number of aliphatic imine (C=N–C) groups is 1. The number of aromatic hydroxyl groups is 1. The molecule has 0 aliphatic carbocycles. The van der Waals surface area contributed by atoms with Crippen LogP contribution in [-0.4, -0.2) is 37.6 Å². The SMILES string of the molecule is Oc1c(Br)cc(Cl)cc1C=Nc1ccc(N2CCOCC2)c(Cl)c1. The Morgan fingerprint density at radius 2 is 1.92 bits per heavy atom. The summed E-state index contributed by atoms with van der Waals surface area (Å²) in [5.74, 6) is 0.0965. The zero-order valence-corrected chi connectivity index (χ0v) is 15.8. The number of benzene rings is 2. The Balaban J connectivity index is 1.82. The van der Waals surface area contributed by atoms with E-state index >= 15 is 0 Å². The molecule has 0 unspecified atom stereocenters. The van der Waals surface area contributed by atoms with E-state index in [0.717, 1.165) is 18.8 Å². The minimum atomic E-state index is 0.0965. The van der Waals surface area contributed by atoms with Gasteiger partial charge in [0.25, 0.3) is 0 Å². The monoisotopic (exact) mass is 428 g/mol. The maximum atomic E-state index is 10.0. The molecule has 0 bridgehead atoms. The van der Waals surface area contributed by atoms with Crippen LogP contribution >= 0.6 is 39.1 Å². The van der Waals surface area contributed by atoms with Crippen LogP contribution in [0.25, 0.3) is 0 Å². The van der Waals surface area contributed by atoms with E-state index in [0.29, 0.717) is 39.0 Å². The van der Waals surface area contributed by atoms with Gasteiger partial charge < -0.3 is 14.7 Å². The largest absolute Gasteiger partial charge is 0.506 e. The van der Waals surface area contributed by atoms with Crippen molar-refractivity contribution in [2.45, 2.75) is 0 Å². The molecule has 0 atom stereocenters. The first kappa shape index (κ1) is 17.5. The van der Waals surface area contributed by atoms with Crippen LogP contribution in [0.5, 0.6) is 5.75 Å². The molecule has 1 aliphatic heterocycles. The maximum absolute atomic E-state index is 10.0. The molecule has 1 heterocycles. The highest BCUT2D eigenvalue weighted by Crippen LogP contribution is 2.32. The minimum Gasteiger partial charge on any atom is -0.506 e. The quantitative estimate of drug-likeness (QED) is 0.694. The van der Waals surface area contributed by atoms with Gasteiger partial charge in [-0.2, -0.15) is 0 Å². The topological polar surface area (TPSA) is 45.1 Å². The van der Waals surface area contributed by atoms with Crippen molar-refractivity contribution in [2.75, 3.05) is 31.2 Å². The van der Waals surface area contributed by atoms with Gasteiger partial charge in [-0.15, -0.1) is 0 Å². The highest BCUT2D eigenvalue weighted by Gasteiger charge is 2.14. The van der Waals surface area contributed by atoms with Crippen LogP contribution in [0.15, 0.2) is 39.8 Å². The van der Waals surface area contributed by atoms with Crippen molar-refractivity contribution in [3.8, 4) is 5.75 Å². The predicted octanol–water partition coefficient (Wildman–Crippen LogP) is 5.05. The van der Waals surface area contributed by atoms with Gasteiger partial charge in [-0.1, -0.05) is 23.2 Å². The second kappa shape index (κ2) is 7.74. The third kappa shape index (κ3) is 4.03. The lowest BCUT2D eigenvalue weighted by Gasteiger charge is -2.29. The maximum Gasteiger partial charge on any atom is 0.138 e. The molecule has 24 heavy (non-hydrogen) atoms. The van der Waals surface area contributed by atoms with E-state index in [1.165, 1.54) is 0 Å². The molecule has 2 aromatic rings. The van der Waals surface area contributed by atoms with Crippen molar-refractivity contribution in [1.29, 1.82) is 0 Å². The number of ether oxygens (including phenoxy) is 1. The summed E-state index contributed by atoms with van der Waals surface area (Å²) in [6.07, 6.45) is 1.56. The molecule has 0 aromatic heterocycles. The Labute approximate surface area is 158 Å². The van der Waals surface area contributed by atoms with Crippen molar-refractivity contribution in [3.05, 3.63) is 50.4 Å². The summed E-state index contributed by atoms with van der Waals surface area (Å²) < 4.78 is 5.88. The zero-order valence-electron chi connectivity index (χ0n) is 12.7. The average Bonchev–Trinajstić information content (AvgIpc) is 2.57. The fraction of sp³-hybridized carbons (Fsp3) is 0.235. The van der Waals surface area contributed by atoms with E-state index in [-0.39, 0.29) is 5.75 Å². The van der Waals surface area contributed by atoms with Crippen molar-refractivity contribution in [2.24, 2.45) is 4.99 Å². The molecule has 1 fully saturated rings. The lowest BCUT2D eigenvalue weighted by Crippen LogP contribution is -2.36. The van der Waals surface area contributed by atoms with Crippen LogP contribution in [0, 0.1) is 0 Å². The molecule has 3 rings (SSSR count). The Kier molecular flexibility index (Phi) is 5.66. The Bertz CT molecular complexity index is 777. The van der Waals surface area contributed by atoms with E-state index in [2.05, 4.69) is 25.8 Å². The molecule has 126 valence electrons. The summed E-state index contributed by atoms with van der Waals surface area (Å²) in [6.45, 7) is 3.07. The molecule has 1 aliphatic rings. The summed E-state index contributed by atoms with van der Waals surface area (Å²) in [6, 6.07) is 8.93. The zero-order chi connectivity index (χ0) is 17.1. The third-order valence-electron chi connectivity index (χ3n) is 3.69. The van der Waals surface area contributed by atoms with Crippen molar-refractivity contribution < 1.29 is 9.84 Å². The molecule has 1 N–H and O–H groups in total. The van der Waals surface area contributed by atoms with E-state index in [1.54, 1.807) is 24.4 Å². The first-order valence-electron chi connectivity index (χ1n) is 7.39. The highest BCUT2D eigenvalue weighted by molar-refractivity contribution is 9.10. The predicted molar refractivity (Wildman–Crippen MR) is 103 cm³/mol. The van der Waals surface area contributed by atoms with Crippen LogP contribution in [0.3, 0.4) is 0 Å². The third-order valence-corrected chi connectivity index (χ3v) is 4.82. The van der Waals surface area contributed by atoms with Crippen molar-refractivity contribution in [3.63, 3.8) is 0 Å². The fourth-order valence-electron chi connectivity index (χ4n) is 2.47. The van der Waals surface area contributed by atoms with Crippen LogP contribution in [-0.2, 0) is 4.74 Å². The van der Waals surface area contributed by atoms with Gasteiger partial charge in [-0.05, 0) is 46.3 Å². The van der Waals surface area contributed by atoms with Gasteiger partial charge in [-0.25, -0.2) is 0 Å². The number of phenolic OH excluding ortho intramolecular Hbond substituents is 1. The summed E-state index contributed by atoms with van der Waals surface area (Å²) in [7, 11) is 0. The first-order chi connectivity index (χ1) is 11.5. The number of nitrogens with zero attached hydrogens (tertiary/aromatic N) is 2. The van der Waals surface area contributed by atoms with Gasteiger partial charge in [0.15, 0.2) is 0 Å². The van der Waals surface area contributed by atoms with E-state index in [4.69, 9.17) is 27.9 Å². The molecule has 4 nitrogen and oxygen atoms in total. The molecule has 2 aromatic carbocycles. The van der Waals surface area contributed by atoms with Crippen LogP contribution in [0.4, 0.5) is 11.4 Å². The highest BCUT2D eigenvalue weighted by atomic mass is 79.9. The molecule has 1 saturated heterocycles. The number of rotatable bonds is 3. The lowest BCUT2D eigenvalue weighted by atomic mass is 10.2. The summed E-state index contributed by atoms with van der Waals surface area (Å²) >= 11 is 15.6. The van der Waals surface area contributed by atoms with E-state index in [9.17, 15) is 5.11 Å². The average molecular weight is 430 g/mol. The molecule has 0 saturated carbocycles. The first-order valence-corrected chi connectivity index (χ1v) is 8.94. The molecule has 7 heteroatoms. The Hall–Kier alpha value is -1.27. The molecule has 0 amide bonds. The summed E-state index contributed by atoms with van der Waals surface area (Å²) in [4.78, 5) is 6.57. The number of morpholine rings is 1.